The van der Waals surface area contributed by atoms with Crippen LogP contribution in [-0.4, -0.2) is 29.2 Å². The van der Waals surface area contributed by atoms with E-state index in [2.05, 4.69) is 21.6 Å². The molecule has 20 heavy (non-hydrogen) atoms. The first-order chi connectivity index (χ1) is 9.79. The van der Waals surface area contributed by atoms with E-state index < -0.39 is 0 Å². The monoisotopic (exact) mass is 288 g/mol. The van der Waals surface area contributed by atoms with Crippen LogP contribution in [0.2, 0.25) is 0 Å². The average molecular weight is 288 g/mol. The van der Waals surface area contributed by atoms with Crippen molar-refractivity contribution in [3.63, 3.8) is 0 Å². The van der Waals surface area contributed by atoms with Gasteiger partial charge in [-0.15, -0.1) is 10.2 Å². The number of hydrogen-bond donors (Lipinski definition) is 1. The molecule has 0 spiro atoms. The summed E-state index contributed by atoms with van der Waals surface area (Å²) in [4.78, 5) is 14.4. The van der Waals surface area contributed by atoms with Gasteiger partial charge in [0.25, 0.3) is 5.91 Å². The SMILES string of the molecule is CCNc1nnc(C(=O)N2CCCc3ccccc32)s1. The number of nitrogens with one attached hydrogen (secondary N) is 1. The van der Waals surface area contributed by atoms with Crippen LogP contribution in [0.3, 0.4) is 0 Å². The Morgan fingerprint density at radius 1 is 1.40 bits per heavy atom. The maximum absolute atomic E-state index is 12.6. The lowest BCUT2D eigenvalue weighted by molar-refractivity contribution is 0.0984. The molecule has 0 unspecified atom stereocenters. The van der Waals surface area contributed by atoms with E-state index >= 15 is 0 Å². The number of hydrogen-bond acceptors (Lipinski definition) is 5. The van der Waals surface area contributed by atoms with Crippen LogP contribution >= 0.6 is 11.3 Å². The Morgan fingerprint density at radius 3 is 3.10 bits per heavy atom. The second-order valence-corrected chi connectivity index (χ2v) is 5.61. The molecule has 1 aliphatic heterocycles. The van der Waals surface area contributed by atoms with E-state index in [1.807, 2.05) is 30.0 Å². The molecule has 6 heteroatoms. The van der Waals surface area contributed by atoms with Crippen LogP contribution in [0.1, 0.15) is 28.7 Å². The Kier molecular flexibility index (Phi) is 3.64. The fourth-order valence-corrected chi connectivity index (χ4v) is 3.15. The van der Waals surface area contributed by atoms with Crippen molar-refractivity contribution < 1.29 is 4.79 Å². The van der Waals surface area contributed by atoms with Crippen LogP contribution in [0.4, 0.5) is 10.8 Å². The first-order valence-corrected chi connectivity index (χ1v) is 7.58. The summed E-state index contributed by atoms with van der Waals surface area (Å²) >= 11 is 1.31. The lowest BCUT2D eigenvalue weighted by Gasteiger charge is -2.28. The molecule has 3 rings (SSSR count). The average Bonchev–Trinajstić information content (AvgIpc) is 2.95. The third-order valence-electron chi connectivity index (χ3n) is 3.29. The lowest BCUT2D eigenvalue weighted by atomic mass is 10.0. The zero-order valence-corrected chi connectivity index (χ0v) is 12.1. The van der Waals surface area contributed by atoms with Gasteiger partial charge in [-0.25, -0.2) is 0 Å². The van der Waals surface area contributed by atoms with Crippen molar-refractivity contribution in [2.45, 2.75) is 19.8 Å². The molecule has 0 fully saturated rings. The summed E-state index contributed by atoms with van der Waals surface area (Å²) in [6, 6.07) is 8.06. The minimum atomic E-state index is -0.0567. The molecule has 5 nitrogen and oxygen atoms in total. The molecule has 0 radical (unpaired) electrons. The number of nitrogens with zero attached hydrogens (tertiary/aromatic N) is 3. The Bertz CT molecular complexity index is 625. The first-order valence-electron chi connectivity index (χ1n) is 6.76. The van der Waals surface area contributed by atoms with Gasteiger partial charge in [0.05, 0.1) is 0 Å². The van der Waals surface area contributed by atoms with Crippen molar-refractivity contribution >= 4 is 28.1 Å². The molecule has 2 aromatic rings. The molecule has 2 heterocycles. The van der Waals surface area contributed by atoms with Crippen molar-refractivity contribution in [2.75, 3.05) is 23.3 Å². The van der Waals surface area contributed by atoms with E-state index in [-0.39, 0.29) is 5.91 Å². The fourth-order valence-electron chi connectivity index (χ4n) is 2.39. The molecule has 0 saturated carbocycles. The van der Waals surface area contributed by atoms with E-state index in [9.17, 15) is 4.79 Å². The molecular weight excluding hydrogens is 272 g/mol. The predicted molar refractivity (Wildman–Crippen MR) is 80.5 cm³/mol. The standard InChI is InChI=1S/C14H16N4OS/c1-2-15-14-17-16-12(20-14)13(19)18-9-5-7-10-6-3-4-8-11(10)18/h3-4,6,8H,2,5,7,9H2,1H3,(H,15,17). The van der Waals surface area contributed by atoms with Crippen LogP contribution in [0, 0.1) is 0 Å². The largest absolute Gasteiger partial charge is 0.360 e. The fraction of sp³-hybridized carbons (Fsp3) is 0.357. The minimum Gasteiger partial charge on any atom is -0.360 e. The predicted octanol–water partition coefficient (Wildman–Crippen LogP) is 2.56. The summed E-state index contributed by atoms with van der Waals surface area (Å²) in [6.45, 7) is 3.51. The summed E-state index contributed by atoms with van der Waals surface area (Å²) in [5, 5.41) is 12.2. The van der Waals surface area contributed by atoms with Crippen LogP contribution < -0.4 is 10.2 Å². The van der Waals surface area contributed by atoms with Crippen molar-refractivity contribution in [3.05, 3.63) is 34.8 Å². The van der Waals surface area contributed by atoms with E-state index in [4.69, 9.17) is 0 Å². The quantitative estimate of drug-likeness (QED) is 0.943. The number of benzene rings is 1. The Hall–Kier alpha value is -1.95. The smallest absolute Gasteiger partial charge is 0.289 e. The molecule has 1 amide bonds. The summed E-state index contributed by atoms with van der Waals surface area (Å²) in [5.74, 6) is -0.0567. The molecular formula is C14H16N4OS. The van der Waals surface area contributed by atoms with Crippen molar-refractivity contribution in [3.8, 4) is 0 Å². The van der Waals surface area contributed by atoms with Gasteiger partial charge < -0.3 is 10.2 Å². The topological polar surface area (TPSA) is 58.1 Å². The number of rotatable bonds is 3. The molecule has 0 bridgehead atoms. The van der Waals surface area contributed by atoms with Gasteiger partial charge >= 0.3 is 0 Å². The number of anilines is 2. The zero-order valence-electron chi connectivity index (χ0n) is 11.3. The number of carbonyl (C=O) groups excluding carboxylic acids is 1. The van der Waals surface area contributed by atoms with Gasteiger partial charge in [-0.2, -0.15) is 0 Å². The number of amides is 1. The van der Waals surface area contributed by atoms with Gasteiger partial charge in [-0.1, -0.05) is 29.5 Å². The molecule has 1 aliphatic rings. The van der Waals surface area contributed by atoms with Gasteiger partial charge in [0.15, 0.2) is 0 Å². The minimum absolute atomic E-state index is 0.0567. The molecule has 0 saturated heterocycles. The Balaban J connectivity index is 1.87. The molecule has 1 aromatic heterocycles. The second-order valence-electron chi connectivity index (χ2n) is 4.63. The van der Waals surface area contributed by atoms with Gasteiger partial charge in [-0.3, -0.25) is 4.79 Å². The lowest BCUT2D eigenvalue weighted by Crippen LogP contribution is -2.35. The van der Waals surface area contributed by atoms with Gasteiger partial charge in [0, 0.05) is 18.8 Å². The Morgan fingerprint density at radius 2 is 2.25 bits per heavy atom. The van der Waals surface area contributed by atoms with Gasteiger partial charge in [-0.05, 0) is 31.4 Å². The third-order valence-corrected chi connectivity index (χ3v) is 4.16. The number of para-hydroxylation sites is 1. The number of carbonyl (C=O) groups is 1. The van der Waals surface area contributed by atoms with Crippen LogP contribution in [-0.2, 0) is 6.42 Å². The second kappa shape index (κ2) is 5.58. The highest BCUT2D eigenvalue weighted by Crippen LogP contribution is 2.29. The van der Waals surface area contributed by atoms with Crippen molar-refractivity contribution in [1.29, 1.82) is 0 Å². The highest BCUT2D eigenvalue weighted by molar-refractivity contribution is 7.17. The summed E-state index contributed by atoms with van der Waals surface area (Å²) in [7, 11) is 0. The van der Waals surface area contributed by atoms with Crippen LogP contribution in [0.15, 0.2) is 24.3 Å². The van der Waals surface area contributed by atoms with Gasteiger partial charge in [0.1, 0.15) is 0 Å². The molecule has 104 valence electrons. The van der Waals surface area contributed by atoms with Crippen LogP contribution in [0.5, 0.6) is 0 Å². The van der Waals surface area contributed by atoms with E-state index in [1.165, 1.54) is 16.9 Å². The zero-order chi connectivity index (χ0) is 13.9. The van der Waals surface area contributed by atoms with E-state index in [1.54, 1.807) is 0 Å². The highest BCUT2D eigenvalue weighted by Gasteiger charge is 2.25. The van der Waals surface area contributed by atoms with Crippen molar-refractivity contribution in [1.82, 2.24) is 10.2 Å². The summed E-state index contributed by atoms with van der Waals surface area (Å²) < 4.78 is 0. The van der Waals surface area contributed by atoms with Crippen LogP contribution in [0.25, 0.3) is 0 Å². The molecule has 0 aliphatic carbocycles. The normalized spacial score (nSPS) is 13.9. The van der Waals surface area contributed by atoms with Gasteiger partial charge in [0.2, 0.25) is 10.1 Å². The number of fused-ring (bicyclic) bond motifs is 1. The highest BCUT2D eigenvalue weighted by atomic mass is 32.1. The summed E-state index contributed by atoms with van der Waals surface area (Å²) in [6.07, 6.45) is 2.01. The number of aryl methyl sites for hydroxylation is 1. The molecule has 0 atom stereocenters. The third kappa shape index (κ3) is 2.38. The maximum Gasteiger partial charge on any atom is 0.289 e. The number of aromatic nitrogens is 2. The summed E-state index contributed by atoms with van der Waals surface area (Å²) in [5.41, 5.74) is 2.23. The molecule has 1 N–H and O–H groups in total. The van der Waals surface area contributed by atoms with E-state index in [0.29, 0.717) is 10.1 Å². The Labute approximate surface area is 121 Å². The van der Waals surface area contributed by atoms with E-state index in [0.717, 1.165) is 31.6 Å². The van der Waals surface area contributed by atoms with Crippen molar-refractivity contribution in [2.24, 2.45) is 0 Å². The molecule has 1 aromatic carbocycles. The maximum atomic E-state index is 12.6. The first kappa shape index (κ1) is 13.1.